The minimum atomic E-state index is -0.718. The smallest absolute Gasteiger partial charge is 0.246 e. The van der Waals surface area contributed by atoms with Crippen LogP contribution in [0.1, 0.15) is 11.7 Å². The average Bonchev–Trinajstić information content (AvgIpc) is 2.54. The molecule has 116 valence electrons. The van der Waals surface area contributed by atoms with Crippen LogP contribution in [0.3, 0.4) is 0 Å². The third-order valence-corrected chi connectivity index (χ3v) is 3.42. The highest BCUT2D eigenvalue weighted by molar-refractivity contribution is 5.77. The van der Waals surface area contributed by atoms with Crippen molar-refractivity contribution in [2.75, 3.05) is 51.5 Å². The Morgan fingerprint density at radius 3 is 2.67 bits per heavy atom. The maximum Gasteiger partial charge on any atom is 0.246 e. The summed E-state index contributed by atoms with van der Waals surface area (Å²) in [6.07, 6.45) is -0.718. The number of rotatable bonds is 6. The highest BCUT2D eigenvalue weighted by Gasteiger charge is 2.13. The van der Waals surface area contributed by atoms with Gasteiger partial charge in [0.15, 0.2) is 0 Å². The molecule has 1 atom stereocenters. The molecule has 0 bridgehead atoms. The zero-order valence-corrected chi connectivity index (χ0v) is 12.2. The van der Waals surface area contributed by atoms with Crippen molar-refractivity contribution in [3.05, 3.63) is 29.8 Å². The number of ether oxygens (including phenoxy) is 2. The topological polar surface area (TPSA) is 71.0 Å². The van der Waals surface area contributed by atoms with Crippen LogP contribution in [0.15, 0.2) is 24.3 Å². The Kier molecular flexibility index (Phi) is 5.98. The quantitative estimate of drug-likeness (QED) is 0.790. The molecule has 1 aliphatic heterocycles. The standard InChI is InChI=1S/C15H22N2O4/c1-20-11-15(19)16-10-14(18)12-2-4-13(5-3-12)17-6-8-21-9-7-17/h2-5,14,18H,6-11H2,1H3,(H,16,19). The number of amides is 1. The van der Waals surface area contributed by atoms with Gasteiger partial charge in [-0.2, -0.15) is 0 Å². The molecule has 1 saturated heterocycles. The van der Waals surface area contributed by atoms with Crippen molar-refractivity contribution in [2.45, 2.75) is 6.10 Å². The Labute approximate surface area is 124 Å². The first-order valence-electron chi connectivity index (χ1n) is 7.07. The average molecular weight is 294 g/mol. The third-order valence-electron chi connectivity index (χ3n) is 3.42. The summed E-state index contributed by atoms with van der Waals surface area (Å²) in [7, 11) is 1.46. The van der Waals surface area contributed by atoms with Crippen LogP contribution >= 0.6 is 0 Å². The van der Waals surface area contributed by atoms with Gasteiger partial charge < -0.3 is 24.8 Å². The molecule has 0 spiro atoms. The number of morpholine rings is 1. The van der Waals surface area contributed by atoms with E-state index in [4.69, 9.17) is 9.47 Å². The summed E-state index contributed by atoms with van der Waals surface area (Å²) in [5.74, 6) is -0.235. The second-order valence-electron chi connectivity index (χ2n) is 4.94. The van der Waals surface area contributed by atoms with Crippen LogP contribution in [0.2, 0.25) is 0 Å². The molecule has 1 aromatic carbocycles. The van der Waals surface area contributed by atoms with Gasteiger partial charge in [-0.15, -0.1) is 0 Å². The van der Waals surface area contributed by atoms with Gasteiger partial charge in [-0.25, -0.2) is 0 Å². The fraction of sp³-hybridized carbons (Fsp3) is 0.533. The largest absolute Gasteiger partial charge is 0.387 e. The summed E-state index contributed by atoms with van der Waals surface area (Å²) in [6.45, 7) is 3.44. The first-order valence-corrected chi connectivity index (χ1v) is 7.07. The summed E-state index contributed by atoms with van der Waals surface area (Å²) in [5, 5.41) is 12.7. The van der Waals surface area contributed by atoms with E-state index in [-0.39, 0.29) is 19.1 Å². The lowest BCUT2D eigenvalue weighted by Crippen LogP contribution is -2.36. The molecule has 0 aromatic heterocycles. The maximum atomic E-state index is 11.3. The van der Waals surface area contributed by atoms with Crippen molar-refractivity contribution in [3.63, 3.8) is 0 Å². The number of methoxy groups -OCH3 is 1. The molecule has 2 N–H and O–H groups in total. The molecule has 6 nitrogen and oxygen atoms in total. The van der Waals surface area contributed by atoms with E-state index in [0.29, 0.717) is 0 Å². The zero-order valence-electron chi connectivity index (χ0n) is 12.2. The highest BCUT2D eigenvalue weighted by atomic mass is 16.5. The summed E-state index contributed by atoms with van der Waals surface area (Å²) in [6, 6.07) is 7.75. The molecule has 1 amide bonds. The highest BCUT2D eigenvalue weighted by Crippen LogP contribution is 2.19. The van der Waals surface area contributed by atoms with Gasteiger partial charge in [-0.3, -0.25) is 4.79 Å². The zero-order chi connectivity index (χ0) is 15.1. The van der Waals surface area contributed by atoms with Crippen LogP contribution < -0.4 is 10.2 Å². The van der Waals surface area contributed by atoms with E-state index < -0.39 is 6.10 Å². The Bertz CT molecular complexity index is 443. The molecule has 0 radical (unpaired) electrons. The number of aliphatic hydroxyl groups is 1. The van der Waals surface area contributed by atoms with Crippen LogP contribution in [0.25, 0.3) is 0 Å². The number of anilines is 1. The molecular formula is C15H22N2O4. The van der Waals surface area contributed by atoms with Gasteiger partial charge in [0, 0.05) is 32.4 Å². The lowest BCUT2D eigenvalue weighted by atomic mass is 10.1. The molecule has 1 aromatic rings. The first-order chi connectivity index (χ1) is 10.2. The van der Waals surface area contributed by atoms with Crippen LogP contribution in [0.5, 0.6) is 0 Å². The molecule has 1 unspecified atom stereocenters. The molecule has 6 heteroatoms. The van der Waals surface area contributed by atoms with Gasteiger partial charge in [-0.05, 0) is 17.7 Å². The first kappa shape index (κ1) is 15.8. The Morgan fingerprint density at radius 1 is 1.38 bits per heavy atom. The summed E-state index contributed by atoms with van der Waals surface area (Å²) in [4.78, 5) is 13.5. The van der Waals surface area contributed by atoms with Crippen LogP contribution in [-0.2, 0) is 14.3 Å². The Balaban J connectivity index is 1.87. The summed E-state index contributed by atoms with van der Waals surface area (Å²) >= 11 is 0. The minimum Gasteiger partial charge on any atom is -0.387 e. The number of nitrogens with zero attached hydrogens (tertiary/aromatic N) is 1. The van der Waals surface area contributed by atoms with Gasteiger partial charge in [-0.1, -0.05) is 12.1 Å². The van der Waals surface area contributed by atoms with Crippen LogP contribution in [0.4, 0.5) is 5.69 Å². The van der Waals surface area contributed by atoms with E-state index in [1.807, 2.05) is 24.3 Å². The lowest BCUT2D eigenvalue weighted by molar-refractivity contribution is -0.125. The van der Waals surface area contributed by atoms with Gasteiger partial charge in [0.2, 0.25) is 5.91 Å². The molecule has 2 rings (SSSR count). The Morgan fingerprint density at radius 2 is 2.05 bits per heavy atom. The molecule has 0 saturated carbocycles. The number of carbonyl (C=O) groups is 1. The number of carbonyl (C=O) groups excluding carboxylic acids is 1. The van der Waals surface area contributed by atoms with E-state index in [1.165, 1.54) is 7.11 Å². The van der Waals surface area contributed by atoms with Crippen molar-refractivity contribution in [2.24, 2.45) is 0 Å². The lowest BCUT2D eigenvalue weighted by Gasteiger charge is -2.29. The normalized spacial score (nSPS) is 16.6. The monoisotopic (exact) mass is 294 g/mol. The Hall–Kier alpha value is -1.63. The number of benzene rings is 1. The predicted octanol–water partition coefficient (Wildman–Crippen LogP) is 0.319. The van der Waals surface area contributed by atoms with Crippen molar-refractivity contribution in [1.29, 1.82) is 0 Å². The van der Waals surface area contributed by atoms with Crippen molar-refractivity contribution in [1.82, 2.24) is 5.32 Å². The number of hydrogen-bond acceptors (Lipinski definition) is 5. The minimum absolute atomic E-state index is 0.00267. The summed E-state index contributed by atoms with van der Waals surface area (Å²) < 4.78 is 10.0. The van der Waals surface area contributed by atoms with E-state index in [9.17, 15) is 9.90 Å². The van der Waals surface area contributed by atoms with E-state index >= 15 is 0 Å². The SMILES string of the molecule is COCC(=O)NCC(O)c1ccc(N2CCOCC2)cc1. The predicted molar refractivity (Wildman–Crippen MR) is 79.3 cm³/mol. The fourth-order valence-electron chi connectivity index (χ4n) is 2.24. The van der Waals surface area contributed by atoms with Crippen molar-refractivity contribution < 1.29 is 19.4 Å². The second-order valence-corrected chi connectivity index (χ2v) is 4.94. The molecule has 1 heterocycles. The molecule has 1 fully saturated rings. The molecule has 1 aliphatic rings. The second kappa shape index (κ2) is 7.97. The van der Waals surface area contributed by atoms with Crippen LogP contribution in [0, 0.1) is 0 Å². The van der Waals surface area contributed by atoms with Gasteiger partial charge >= 0.3 is 0 Å². The van der Waals surface area contributed by atoms with Crippen molar-refractivity contribution in [3.8, 4) is 0 Å². The number of aliphatic hydroxyl groups excluding tert-OH is 1. The summed E-state index contributed by atoms with van der Waals surface area (Å²) in [5.41, 5.74) is 1.90. The van der Waals surface area contributed by atoms with E-state index in [2.05, 4.69) is 10.2 Å². The molecule has 21 heavy (non-hydrogen) atoms. The van der Waals surface area contributed by atoms with Gasteiger partial charge in [0.25, 0.3) is 0 Å². The van der Waals surface area contributed by atoms with Crippen LogP contribution in [-0.4, -0.2) is 57.6 Å². The fourth-order valence-corrected chi connectivity index (χ4v) is 2.24. The van der Waals surface area contributed by atoms with E-state index in [1.54, 1.807) is 0 Å². The molecular weight excluding hydrogens is 272 g/mol. The third kappa shape index (κ3) is 4.70. The van der Waals surface area contributed by atoms with Gasteiger partial charge in [0.1, 0.15) is 6.61 Å². The van der Waals surface area contributed by atoms with Crippen molar-refractivity contribution >= 4 is 11.6 Å². The number of nitrogens with one attached hydrogen (secondary N) is 1. The number of hydrogen-bond donors (Lipinski definition) is 2. The van der Waals surface area contributed by atoms with E-state index in [0.717, 1.165) is 37.6 Å². The maximum absolute atomic E-state index is 11.3. The molecule has 0 aliphatic carbocycles. The van der Waals surface area contributed by atoms with Gasteiger partial charge in [0.05, 0.1) is 19.3 Å².